The van der Waals surface area contributed by atoms with E-state index in [0.717, 1.165) is 30.2 Å². The maximum absolute atomic E-state index is 11.4. The molecule has 1 aliphatic heterocycles. The molecule has 3 heterocycles. The molecular weight excluding hydrogens is 384 g/mol. The Bertz CT molecular complexity index is 812. The van der Waals surface area contributed by atoms with Crippen LogP contribution in [0.25, 0.3) is 11.0 Å². The van der Waals surface area contributed by atoms with Gasteiger partial charge in [-0.05, 0) is 38.7 Å². The highest BCUT2D eigenvalue weighted by Gasteiger charge is 2.28. The van der Waals surface area contributed by atoms with E-state index in [2.05, 4.69) is 15.3 Å². The van der Waals surface area contributed by atoms with Gasteiger partial charge in [0.2, 0.25) is 0 Å². The third-order valence-corrected chi connectivity index (χ3v) is 5.13. The number of aromatic nitrogens is 3. The van der Waals surface area contributed by atoms with E-state index in [0.29, 0.717) is 37.6 Å². The number of nitrogens with zero attached hydrogens (tertiary/aromatic N) is 3. The fourth-order valence-electron chi connectivity index (χ4n) is 3.41. The Balaban J connectivity index is 1.47. The molecule has 28 heavy (non-hydrogen) atoms. The number of rotatable bonds is 10. The standard InChI is InChI=1S/C19H25ClN4O4/c1-2-27-17(26)5-3-4-13(11-25)21-10-14-6-7-16(28-14)24-9-8-15-18(20)22-12-23-19(15)24/h8-9,11-14,16,21H,2-7,10H2,1H3. The zero-order chi connectivity index (χ0) is 19.9. The van der Waals surface area contributed by atoms with Gasteiger partial charge in [-0.3, -0.25) is 4.79 Å². The lowest BCUT2D eigenvalue weighted by atomic mass is 10.1. The van der Waals surface area contributed by atoms with Crippen LogP contribution in [0.1, 0.15) is 45.3 Å². The lowest BCUT2D eigenvalue weighted by Gasteiger charge is -2.18. The van der Waals surface area contributed by atoms with Crippen molar-refractivity contribution in [2.75, 3.05) is 13.2 Å². The number of aldehydes is 1. The number of carbonyl (C=O) groups excluding carboxylic acids is 2. The molecular formula is C19H25ClN4O4. The number of ether oxygens (including phenoxy) is 2. The van der Waals surface area contributed by atoms with E-state index in [9.17, 15) is 9.59 Å². The van der Waals surface area contributed by atoms with Crippen LogP contribution >= 0.6 is 11.6 Å². The maximum atomic E-state index is 11.4. The summed E-state index contributed by atoms with van der Waals surface area (Å²) in [4.78, 5) is 31.0. The van der Waals surface area contributed by atoms with E-state index in [1.54, 1.807) is 6.92 Å². The van der Waals surface area contributed by atoms with Gasteiger partial charge in [-0.25, -0.2) is 9.97 Å². The van der Waals surface area contributed by atoms with Crippen LogP contribution in [0, 0.1) is 0 Å². The first-order valence-corrected chi connectivity index (χ1v) is 9.97. The second kappa shape index (κ2) is 9.95. The van der Waals surface area contributed by atoms with Gasteiger partial charge in [-0.2, -0.15) is 0 Å². The van der Waals surface area contributed by atoms with E-state index < -0.39 is 0 Å². The van der Waals surface area contributed by atoms with Gasteiger partial charge in [0.1, 0.15) is 29.6 Å². The summed E-state index contributed by atoms with van der Waals surface area (Å²) in [5, 5.41) is 4.46. The van der Waals surface area contributed by atoms with Crippen molar-refractivity contribution < 1.29 is 19.1 Å². The Morgan fingerprint density at radius 2 is 2.36 bits per heavy atom. The molecule has 1 N–H and O–H groups in total. The first-order valence-electron chi connectivity index (χ1n) is 9.59. The largest absolute Gasteiger partial charge is 0.466 e. The van der Waals surface area contributed by atoms with Gasteiger partial charge in [-0.15, -0.1) is 0 Å². The molecule has 9 heteroatoms. The molecule has 2 aromatic rings. The number of fused-ring (bicyclic) bond motifs is 1. The first kappa shape index (κ1) is 20.7. The summed E-state index contributed by atoms with van der Waals surface area (Å²) in [6.07, 6.45) is 7.39. The van der Waals surface area contributed by atoms with Crippen LogP contribution in [-0.2, 0) is 19.1 Å². The van der Waals surface area contributed by atoms with Crippen LogP contribution in [0.4, 0.5) is 0 Å². The number of esters is 1. The van der Waals surface area contributed by atoms with Gasteiger partial charge in [-0.1, -0.05) is 11.6 Å². The smallest absolute Gasteiger partial charge is 0.305 e. The van der Waals surface area contributed by atoms with Crippen molar-refractivity contribution in [1.29, 1.82) is 0 Å². The topological polar surface area (TPSA) is 95.3 Å². The van der Waals surface area contributed by atoms with Crippen LogP contribution in [0.3, 0.4) is 0 Å². The highest BCUT2D eigenvalue weighted by atomic mass is 35.5. The van der Waals surface area contributed by atoms with E-state index in [-0.39, 0.29) is 24.3 Å². The van der Waals surface area contributed by atoms with Gasteiger partial charge in [0.15, 0.2) is 0 Å². The molecule has 0 bridgehead atoms. The lowest BCUT2D eigenvalue weighted by Crippen LogP contribution is -2.36. The minimum Gasteiger partial charge on any atom is -0.466 e. The average Bonchev–Trinajstić information content (AvgIpc) is 3.32. The molecule has 3 rings (SSSR count). The average molecular weight is 409 g/mol. The molecule has 3 unspecified atom stereocenters. The molecule has 1 fully saturated rings. The Morgan fingerprint density at radius 1 is 1.50 bits per heavy atom. The summed E-state index contributed by atoms with van der Waals surface area (Å²) < 4.78 is 13.0. The number of halogens is 1. The second-order valence-electron chi connectivity index (χ2n) is 6.76. The van der Waals surface area contributed by atoms with Crippen LogP contribution in [0.2, 0.25) is 5.15 Å². The second-order valence-corrected chi connectivity index (χ2v) is 7.12. The van der Waals surface area contributed by atoms with Gasteiger partial charge in [0.25, 0.3) is 0 Å². The predicted molar refractivity (Wildman–Crippen MR) is 104 cm³/mol. The predicted octanol–water partition coefficient (Wildman–Crippen LogP) is 2.65. The molecule has 0 saturated carbocycles. The zero-order valence-electron chi connectivity index (χ0n) is 15.8. The highest BCUT2D eigenvalue weighted by molar-refractivity contribution is 6.33. The zero-order valence-corrected chi connectivity index (χ0v) is 16.6. The number of carbonyl (C=O) groups is 2. The van der Waals surface area contributed by atoms with E-state index in [1.165, 1.54) is 6.33 Å². The molecule has 0 aromatic carbocycles. The lowest BCUT2D eigenvalue weighted by molar-refractivity contribution is -0.143. The van der Waals surface area contributed by atoms with Crippen LogP contribution < -0.4 is 5.32 Å². The van der Waals surface area contributed by atoms with Crippen molar-refractivity contribution in [1.82, 2.24) is 19.9 Å². The molecule has 0 spiro atoms. The fourth-order valence-corrected chi connectivity index (χ4v) is 3.61. The minimum atomic E-state index is -0.295. The molecule has 1 saturated heterocycles. The number of hydrogen-bond donors (Lipinski definition) is 1. The van der Waals surface area contributed by atoms with E-state index in [4.69, 9.17) is 21.1 Å². The molecule has 0 radical (unpaired) electrons. The van der Waals surface area contributed by atoms with Crippen molar-refractivity contribution in [3.63, 3.8) is 0 Å². The summed E-state index contributed by atoms with van der Waals surface area (Å²) in [7, 11) is 0. The molecule has 0 amide bonds. The van der Waals surface area contributed by atoms with Crippen molar-refractivity contribution in [2.45, 2.75) is 57.4 Å². The third kappa shape index (κ3) is 5.06. The normalized spacial score (nSPS) is 20.4. The summed E-state index contributed by atoms with van der Waals surface area (Å²) in [5.74, 6) is -0.225. The number of nitrogens with one attached hydrogen (secondary N) is 1. The van der Waals surface area contributed by atoms with Crippen molar-refractivity contribution in [3.8, 4) is 0 Å². The van der Waals surface area contributed by atoms with E-state index in [1.807, 2.05) is 16.8 Å². The first-order chi connectivity index (χ1) is 13.6. The van der Waals surface area contributed by atoms with Crippen molar-refractivity contribution in [3.05, 3.63) is 23.7 Å². The Hall–Kier alpha value is -2.03. The van der Waals surface area contributed by atoms with Gasteiger partial charge < -0.3 is 24.2 Å². The van der Waals surface area contributed by atoms with Gasteiger partial charge in [0, 0.05) is 19.2 Å². The van der Waals surface area contributed by atoms with Crippen LogP contribution in [-0.4, -0.2) is 52.1 Å². The van der Waals surface area contributed by atoms with Crippen LogP contribution in [0.15, 0.2) is 18.6 Å². The molecule has 3 atom stereocenters. The molecule has 8 nitrogen and oxygen atoms in total. The van der Waals surface area contributed by atoms with E-state index >= 15 is 0 Å². The summed E-state index contributed by atoms with van der Waals surface area (Å²) >= 11 is 6.11. The summed E-state index contributed by atoms with van der Waals surface area (Å²) in [5.41, 5.74) is 0.753. The Morgan fingerprint density at radius 3 is 3.14 bits per heavy atom. The highest BCUT2D eigenvalue weighted by Crippen LogP contribution is 2.32. The minimum absolute atomic E-state index is 0.00673. The molecule has 2 aromatic heterocycles. The van der Waals surface area contributed by atoms with Crippen molar-refractivity contribution in [2.24, 2.45) is 0 Å². The molecule has 152 valence electrons. The summed E-state index contributed by atoms with van der Waals surface area (Å²) in [6.45, 7) is 2.73. The quantitative estimate of drug-likeness (QED) is 0.366. The summed E-state index contributed by atoms with van der Waals surface area (Å²) in [6, 6.07) is 1.59. The maximum Gasteiger partial charge on any atom is 0.305 e. The van der Waals surface area contributed by atoms with Gasteiger partial charge >= 0.3 is 5.97 Å². The Kier molecular flexibility index (Phi) is 7.36. The third-order valence-electron chi connectivity index (χ3n) is 4.83. The van der Waals surface area contributed by atoms with Crippen LogP contribution in [0.5, 0.6) is 0 Å². The SMILES string of the molecule is CCOC(=O)CCCC(C=O)NCC1CCC(n2ccc3c(Cl)ncnc32)O1. The van der Waals surface area contributed by atoms with Crippen molar-refractivity contribution >= 4 is 34.9 Å². The number of hydrogen-bond acceptors (Lipinski definition) is 7. The monoisotopic (exact) mass is 408 g/mol. The molecule has 0 aliphatic carbocycles. The molecule has 1 aliphatic rings. The van der Waals surface area contributed by atoms with Gasteiger partial charge in [0.05, 0.1) is 24.1 Å². The fraction of sp³-hybridized carbons (Fsp3) is 0.579. The Labute approximate surface area is 168 Å².